The summed E-state index contributed by atoms with van der Waals surface area (Å²) in [5.74, 6) is 0.778. The SMILES string of the molecule is CC[C@@H]1CCC[C@H](NC(=O)N2CCO[C@@H](COC)C2)C1. The third kappa shape index (κ3) is 4.35. The third-order valence-corrected chi connectivity index (χ3v) is 4.47. The van der Waals surface area contributed by atoms with Crippen molar-refractivity contribution in [1.82, 2.24) is 10.2 Å². The van der Waals surface area contributed by atoms with Crippen molar-refractivity contribution in [3.63, 3.8) is 0 Å². The smallest absolute Gasteiger partial charge is 0.317 e. The number of rotatable bonds is 4. The fourth-order valence-corrected chi connectivity index (χ4v) is 3.25. The molecule has 0 aromatic rings. The second kappa shape index (κ2) is 7.84. The maximum atomic E-state index is 12.3. The van der Waals surface area contributed by atoms with Crippen molar-refractivity contribution in [3.05, 3.63) is 0 Å². The van der Waals surface area contributed by atoms with Crippen LogP contribution in [0, 0.1) is 5.92 Å². The van der Waals surface area contributed by atoms with E-state index in [0.717, 1.165) is 18.8 Å². The number of carbonyl (C=O) groups excluding carboxylic acids is 1. The van der Waals surface area contributed by atoms with Crippen LogP contribution in [0.1, 0.15) is 39.0 Å². The number of methoxy groups -OCH3 is 1. The molecule has 5 heteroatoms. The molecule has 0 radical (unpaired) electrons. The third-order valence-electron chi connectivity index (χ3n) is 4.47. The summed E-state index contributed by atoms with van der Waals surface area (Å²) in [7, 11) is 1.66. The van der Waals surface area contributed by atoms with Crippen LogP contribution in [0.15, 0.2) is 0 Å². The summed E-state index contributed by atoms with van der Waals surface area (Å²) in [6, 6.07) is 0.418. The molecule has 1 N–H and O–H groups in total. The fourth-order valence-electron chi connectivity index (χ4n) is 3.25. The van der Waals surface area contributed by atoms with Gasteiger partial charge in [0.2, 0.25) is 0 Å². The van der Waals surface area contributed by atoms with E-state index in [2.05, 4.69) is 12.2 Å². The zero-order valence-electron chi connectivity index (χ0n) is 12.8. The van der Waals surface area contributed by atoms with Gasteiger partial charge in [0, 0.05) is 19.7 Å². The average molecular weight is 284 g/mol. The highest BCUT2D eigenvalue weighted by atomic mass is 16.5. The van der Waals surface area contributed by atoms with Crippen LogP contribution in [0.3, 0.4) is 0 Å². The van der Waals surface area contributed by atoms with Crippen molar-refractivity contribution in [2.45, 2.75) is 51.2 Å². The van der Waals surface area contributed by atoms with Gasteiger partial charge in [0.25, 0.3) is 0 Å². The maximum absolute atomic E-state index is 12.3. The van der Waals surface area contributed by atoms with Crippen LogP contribution < -0.4 is 5.32 Å². The van der Waals surface area contributed by atoms with E-state index >= 15 is 0 Å². The normalized spacial score (nSPS) is 31.1. The van der Waals surface area contributed by atoms with Crippen LogP contribution in [-0.2, 0) is 9.47 Å². The van der Waals surface area contributed by atoms with Crippen LogP contribution in [0.25, 0.3) is 0 Å². The van der Waals surface area contributed by atoms with Crippen molar-refractivity contribution in [3.8, 4) is 0 Å². The molecule has 5 nitrogen and oxygen atoms in total. The molecule has 116 valence electrons. The van der Waals surface area contributed by atoms with E-state index in [1.165, 1.54) is 19.3 Å². The van der Waals surface area contributed by atoms with E-state index in [0.29, 0.717) is 32.3 Å². The molecule has 1 saturated carbocycles. The van der Waals surface area contributed by atoms with Gasteiger partial charge in [-0.3, -0.25) is 0 Å². The summed E-state index contributed by atoms with van der Waals surface area (Å²) in [6.45, 7) is 4.70. The summed E-state index contributed by atoms with van der Waals surface area (Å²) in [5.41, 5.74) is 0. The fraction of sp³-hybridized carbons (Fsp3) is 0.933. The van der Waals surface area contributed by atoms with Crippen LogP contribution in [0.2, 0.25) is 0 Å². The van der Waals surface area contributed by atoms with Crippen LogP contribution in [-0.4, -0.2) is 56.5 Å². The van der Waals surface area contributed by atoms with Gasteiger partial charge in [-0.1, -0.05) is 26.2 Å². The van der Waals surface area contributed by atoms with Gasteiger partial charge in [-0.25, -0.2) is 4.79 Å². The van der Waals surface area contributed by atoms with Gasteiger partial charge in [0.1, 0.15) is 0 Å². The zero-order chi connectivity index (χ0) is 14.4. The monoisotopic (exact) mass is 284 g/mol. The number of nitrogens with zero attached hydrogens (tertiary/aromatic N) is 1. The Bertz CT molecular complexity index is 309. The first-order chi connectivity index (χ1) is 9.72. The van der Waals surface area contributed by atoms with Crippen LogP contribution >= 0.6 is 0 Å². The van der Waals surface area contributed by atoms with Crippen LogP contribution in [0.4, 0.5) is 4.79 Å². The molecule has 0 unspecified atom stereocenters. The summed E-state index contributed by atoms with van der Waals surface area (Å²) < 4.78 is 10.7. The minimum absolute atomic E-state index is 0.00856. The topological polar surface area (TPSA) is 50.8 Å². The van der Waals surface area contributed by atoms with Crippen LogP contribution in [0.5, 0.6) is 0 Å². The van der Waals surface area contributed by atoms with Crippen molar-refractivity contribution in [1.29, 1.82) is 0 Å². The number of ether oxygens (including phenoxy) is 2. The van der Waals surface area contributed by atoms with Crippen molar-refractivity contribution < 1.29 is 14.3 Å². The molecular formula is C15H28N2O3. The zero-order valence-corrected chi connectivity index (χ0v) is 12.8. The molecule has 1 heterocycles. The van der Waals surface area contributed by atoms with E-state index in [9.17, 15) is 4.79 Å². The summed E-state index contributed by atoms with van der Waals surface area (Å²) in [5, 5.41) is 3.21. The molecule has 0 bridgehead atoms. The Morgan fingerprint density at radius 1 is 1.45 bits per heavy atom. The lowest BCUT2D eigenvalue weighted by molar-refractivity contribution is -0.0497. The van der Waals surface area contributed by atoms with Gasteiger partial charge in [-0.2, -0.15) is 0 Å². The molecular weight excluding hydrogens is 256 g/mol. The number of carbonyl (C=O) groups is 1. The Balaban J connectivity index is 1.78. The molecule has 3 atom stereocenters. The number of hydrogen-bond acceptors (Lipinski definition) is 3. The van der Waals surface area contributed by atoms with E-state index in [4.69, 9.17) is 9.47 Å². The molecule has 20 heavy (non-hydrogen) atoms. The second-order valence-corrected chi connectivity index (χ2v) is 5.98. The Morgan fingerprint density at radius 3 is 3.05 bits per heavy atom. The number of hydrogen-bond donors (Lipinski definition) is 1. The molecule has 2 amide bonds. The van der Waals surface area contributed by atoms with Gasteiger partial charge in [-0.15, -0.1) is 0 Å². The molecule has 2 rings (SSSR count). The van der Waals surface area contributed by atoms with E-state index in [1.54, 1.807) is 7.11 Å². The Labute approximate surface area is 122 Å². The van der Waals surface area contributed by atoms with Gasteiger partial charge < -0.3 is 19.7 Å². The summed E-state index contributed by atoms with van der Waals surface area (Å²) in [4.78, 5) is 14.2. The van der Waals surface area contributed by atoms with Crippen molar-refractivity contribution >= 4 is 6.03 Å². The Hall–Kier alpha value is -0.810. The lowest BCUT2D eigenvalue weighted by Gasteiger charge is -2.35. The van der Waals surface area contributed by atoms with Gasteiger partial charge >= 0.3 is 6.03 Å². The van der Waals surface area contributed by atoms with Crippen molar-refractivity contribution in [2.24, 2.45) is 5.92 Å². The van der Waals surface area contributed by atoms with E-state index in [-0.39, 0.29) is 12.1 Å². The molecule has 1 saturated heterocycles. The molecule has 2 fully saturated rings. The molecule has 0 spiro atoms. The first-order valence-electron chi connectivity index (χ1n) is 7.89. The number of amides is 2. The molecule has 2 aliphatic rings. The highest BCUT2D eigenvalue weighted by Crippen LogP contribution is 2.26. The average Bonchev–Trinajstić information content (AvgIpc) is 2.48. The van der Waals surface area contributed by atoms with Gasteiger partial charge in [-0.05, 0) is 18.8 Å². The minimum Gasteiger partial charge on any atom is -0.382 e. The standard InChI is InChI=1S/C15H28N2O3/c1-3-12-5-4-6-13(9-12)16-15(18)17-7-8-20-14(10-17)11-19-2/h12-14H,3-11H2,1-2H3,(H,16,18)/t12-,13+,14-/m1/s1. The van der Waals surface area contributed by atoms with Crippen molar-refractivity contribution in [2.75, 3.05) is 33.4 Å². The molecule has 1 aliphatic carbocycles. The Morgan fingerprint density at radius 2 is 2.30 bits per heavy atom. The minimum atomic E-state index is 0.00856. The van der Waals surface area contributed by atoms with E-state index < -0.39 is 0 Å². The maximum Gasteiger partial charge on any atom is 0.317 e. The highest BCUT2D eigenvalue weighted by Gasteiger charge is 2.27. The summed E-state index contributed by atoms with van der Waals surface area (Å²) >= 11 is 0. The number of nitrogens with one attached hydrogen (secondary N) is 1. The molecule has 0 aromatic heterocycles. The largest absolute Gasteiger partial charge is 0.382 e. The predicted octanol–water partition coefficient (Wildman–Crippen LogP) is 2.01. The van der Waals surface area contributed by atoms with Gasteiger partial charge in [0.05, 0.1) is 25.9 Å². The quantitative estimate of drug-likeness (QED) is 0.859. The first kappa shape index (κ1) is 15.6. The molecule has 0 aromatic carbocycles. The lowest BCUT2D eigenvalue weighted by atomic mass is 9.84. The summed E-state index contributed by atoms with van der Waals surface area (Å²) in [6.07, 6.45) is 6.03. The number of urea groups is 1. The lowest BCUT2D eigenvalue weighted by Crippen LogP contribution is -2.53. The number of morpholine rings is 1. The predicted molar refractivity (Wildman–Crippen MR) is 77.8 cm³/mol. The van der Waals surface area contributed by atoms with Gasteiger partial charge in [0.15, 0.2) is 0 Å². The second-order valence-electron chi connectivity index (χ2n) is 5.98. The first-order valence-corrected chi connectivity index (χ1v) is 7.89. The molecule has 1 aliphatic heterocycles. The highest BCUT2D eigenvalue weighted by molar-refractivity contribution is 5.74. The Kier molecular flexibility index (Phi) is 6.10. The van der Waals surface area contributed by atoms with E-state index in [1.807, 2.05) is 4.90 Å².